The van der Waals surface area contributed by atoms with Crippen LogP contribution in [0.4, 0.5) is 0 Å². The van der Waals surface area contributed by atoms with Gasteiger partial charge in [0.25, 0.3) is 0 Å². The Bertz CT molecular complexity index is 761. The number of nitrogens with zero attached hydrogens (tertiary/aromatic N) is 1. The zero-order chi connectivity index (χ0) is 23.9. The lowest BCUT2D eigenvalue weighted by Gasteiger charge is -2.12. The fraction of sp³-hybridized carbons (Fsp3) is 0.636. The minimum Gasteiger partial charge on any atom is -0.504 e. The number of methoxy groups -OCH3 is 1. The highest BCUT2D eigenvalue weighted by Gasteiger charge is 2.39. The molecule has 0 amide bonds. The summed E-state index contributed by atoms with van der Waals surface area (Å²) in [5.41, 5.74) is -0.732. The molecule has 0 spiro atoms. The van der Waals surface area contributed by atoms with Crippen molar-refractivity contribution in [3.05, 3.63) is 23.8 Å². The van der Waals surface area contributed by atoms with Gasteiger partial charge in [0.15, 0.2) is 17.0 Å². The normalized spacial score (nSPS) is 17.8. The van der Waals surface area contributed by atoms with E-state index in [4.69, 9.17) is 28.4 Å². The Morgan fingerprint density at radius 1 is 0.970 bits per heavy atom. The molecule has 1 aromatic rings. The van der Waals surface area contributed by atoms with E-state index in [1.54, 1.807) is 32.2 Å². The van der Waals surface area contributed by atoms with Crippen molar-refractivity contribution in [3.8, 4) is 11.5 Å². The molecule has 11 heteroatoms. The standard InChI is InChI=1S/C22H33NO9S/c1-22(21(25)26)16-33-20(23-22)17-4-3-5-18(19(17)24)32-15-14-31-13-12-30-11-10-29-9-8-28-7-6-27-2/h3-5,24H,6-16H2,1-2H3,(H,25,26). The summed E-state index contributed by atoms with van der Waals surface area (Å²) in [6.07, 6.45) is 0. The zero-order valence-electron chi connectivity index (χ0n) is 19.1. The number of aromatic hydroxyl groups is 1. The summed E-state index contributed by atoms with van der Waals surface area (Å²) in [6, 6.07) is 5.06. The van der Waals surface area contributed by atoms with E-state index < -0.39 is 11.5 Å². The Morgan fingerprint density at radius 2 is 1.52 bits per heavy atom. The highest BCUT2D eigenvalue weighted by atomic mass is 32.2. The van der Waals surface area contributed by atoms with Gasteiger partial charge in [-0.15, -0.1) is 11.8 Å². The maximum Gasteiger partial charge on any atom is 0.332 e. The summed E-state index contributed by atoms with van der Waals surface area (Å²) in [7, 11) is 1.63. The van der Waals surface area contributed by atoms with Crippen LogP contribution in [0.3, 0.4) is 0 Å². The van der Waals surface area contributed by atoms with Crippen LogP contribution in [-0.2, 0) is 28.5 Å². The van der Waals surface area contributed by atoms with Crippen LogP contribution < -0.4 is 4.74 Å². The van der Waals surface area contributed by atoms with E-state index in [1.807, 2.05) is 0 Å². The molecule has 0 aromatic heterocycles. The largest absolute Gasteiger partial charge is 0.504 e. The quantitative estimate of drug-likeness (QED) is 0.296. The second-order valence-corrected chi connectivity index (χ2v) is 8.19. The summed E-state index contributed by atoms with van der Waals surface area (Å²) in [6.45, 7) is 6.12. The molecule has 2 N–H and O–H groups in total. The number of ether oxygens (including phenoxy) is 6. The van der Waals surface area contributed by atoms with E-state index in [9.17, 15) is 15.0 Å². The van der Waals surface area contributed by atoms with Gasteiger partial charge in [0.1, 0.15) is 11.7 Å². The Balaban J connectivity index is 1.56. The number of aliphatic imine (C=N–C) groups is 1. The molecule has 1 atom stereocenters. The molecule has 1 unspecified atom stereocenters. The molecule has 1 aromatic carbocycles. The Morgan fingerprint density at radius 3 is 2.03 bits per heavy atom. The van der Waals surface area contributed by atoms with Gasteiger partial charge < -0.3 is 38.6 Å². The minimum absolute atomic E-state index is 0.0641. The van der Waals surface area contributed by atoms with Crippen LogP contribution >= 0.6 is 11.8 Å². The third-order valence-corrected chi connectivity index (χ3v) is 5.85. The third kappa shape index (κ3) is 9.48. The van der Waals surface area contributed by atoms with Crippen molar-refractivity contribution in [1.29, 1.82) is 0 Å². The van der Waals surface area contributed by atoms with Crippen LogP contribution in [-0.4, -0.2) is 106 Å². The summed E-state index contributed by atoms with van der Waals surface area (Å²) in [5, 5.41) is 20.3. The third-order valence-electron chi connectivity index (χ3n) is 4.56. The van der Waals surface area contributed by atoms with Crippen molar-refractivity contribution in [2.24, 2.45) is 4.99 Å². The molecule has 0 saturated carbocycles. The van der Waals surface area contributed by atoms with Crippen molar-refractivity contribution in [2.45, 2.75) is 12.5 Å². The summed E-state index contributed by atoms with van der Waals surface area (Å²) < 4.78 is 32.0. The van der Waals surface area contributed by atoms with E-state index >= 15 is 0 Å². The minimum atomic E-state index is -1.19. The molecule has 0 bridgehead atoms. The number of aliphatic carboxylic acids is 1. The summed E-state index contributed by atoms with van der Waals surface area (Å²) in [4.78, 5) is 15.7. The average Bonchev–Trinajstić information content (AvgIpc) is 3.21. The fourth-order valence-electron chi connectivity index (χ4n) is 2.67. The van der Waals surface area contributed by atoms with Gasteiger partial charge in [-0.05, 0) is 19.1 Å². The van der Waals surface area contributed by atoms with Gasteiger partial charge in [0, 0.05) is 12.9 Å². The number of carboxylic acids is 1. The smallest absolute Gasteiger partial charge is 0.332 e. The van der Waals surface area contributed by atoms with E-state index in [0.29, 0.717) is 81.6 Å². The van der Waals surface area contributed by atoms with Gasteiger partial charge in [0.2, 0.25) is 0 Å². The molecular formula is C22H33NO9S. The molecule has 0 radical (unpaired) electrons. The number of hydrogen-bond donors (Lipinski definition) is 2. The molecule has 33 heavy (non-hydrogen) atoms. The predicted molar refractivity (Wildman–Crippen MR) is 124 cm³/mol. The molecule has 0 fully saturated rings. The van der Waals surface area contributed by atoms with Gasteiger partial charge >= 0.3 is 5.97 Å². The van der Waals surface area contributed by atoms with Crippen LogP contribution in [0, 0.1) is 0 Å². The summed E-state index contributed by atoms with van der Waals surface area (Å²) >= 11 is 1.30. The molecule has 1 aliphatic heterocycles. The highest BCUT2D eigenvalue weighted by molar-refractivity contribution is 8.14. The molecule has 10 nitrogen and oxygen atoms in total. The molecule has 0 aliphatic carbocycles. The maximum atomic E-state index is 11.4. The fourth-order valence-corrected chi connectivity index (χ4v) is 3.86. The number of carbonyl (C=O) groups is 1. The van der Waals surface area contributed by atoms with Gasteiger partial charge in [-0.3, -0.25) is 4.99 Å². The van der Waals surface area contributed by atoms with Crippen LogP contribution in [0.2, 0.25) is 0 Å². The van der Waals surface area contributed by atoms with Gasteiger partial charge in [-0.1, -0.05) is 6.07 Å². The number of rotatable bonds is 18. The Hall–Kier alpha value is -1.89. The van der Waals surface area contributed by atoms with Gasteiger partial charge in [-0.2, -0.15) is 0 Å². The van der Waals surface area contributed by atoms with Crippen LogP contribution in [0.15, 0.2) is 23.2 Å². The number of hydrogen-bond acceptors (Lipinski definition) is 10. The molecule has 1 aliphatic rings. The van der Waals surface area contributed by atoms with Crippen molar-refractivity contribution in [2.75, 3.05) is 78.9 Å². The first-order chi connectivity index (χ1) is 16.0. The Labute approximate surface area is 198 Å². The van der Waals surface area contributed by atoms with Crippen LogP contribution in [0.5, 0.6) is 11.5 Å². The van der Waals surface area contributed by atoms with Gasteiger partial charge in [-0.25, -0.2) is 4.79 Å². The molecule has 2 rings (SSSR count). The predicted octanol–water partition coefficient (Wildman–Crippen LogP) is 1.82. The van der Waals surface area contributed by atoms with Crippen LogP contribution in [0.25, 0.3) is 0 Å². The number of para-hydroxylation sites is 1. The highest BCUT2D eigenvalue weighted by Crippen LogP contribution is 2.37. The van der Waals surface area contributed by atoms with E-state index in [2.05, 4.69) is 4.99 Å². The number of phenolic OH excluding ortho intramolecular Hbond substituents is 1. The van der Waals surface area contributed by atoms with Gasteiger partial charge in [0.05, 0.1) is 65.0 Å². The molecule has 0 saturated heterocycles. The molecule has 1 heterocycles. The zero-order valence-corrected chi connectivity index (χ0v) is 19.9. The number of carboxylic acid groups (broad SMARTS) is 1. The van der Waals surface area contributed by atoms with Crippen molar-refractivity contribution >= 4 is 22.8 Å². The average molecular weight is 488 g/mol. The first-order valence-electron chi connectivity index (χ1n) is 10.7. The number of phenols is 1. The van der Waals surface area contributed by atoms with E-state index in [-0.39, 0.29) is 12.4 Å². The SMILES string of the molecule is COCCOCCOCCOCCOCCOc1cccc(C2=NC(C)(C(=O)O)CS2)c1O. The first-order valence-corrected chi connectivity index (χ1v) is 11.7. The Kier molecular flexibility index (Phi) is 12.5. The van der Waals surface area contributed by atoms with E-state index in [0.717, 1.165) is 0 Å². The van der Waals surface area contributed by atoms with Crippen LogP contribution in [0.1, 0.15) is 12.5 Å². The number of thioether (sulfide) groups is 1. The lowest BCUT2D eigenvalue weighted by Crippen LogP contribution is -2.33. The second kappa shape index (κ2) is 15.1. The lowest BCUT2D eigenvalue weighted by atomic mass is 10.1. The monoisotopic (exact) mass is 487 g/mol. The van der Waals surface area contributed by atoms with Crippen molar-refractivity contribution < 1.29 is 43.4 Å². The second-order valence-electron chi connectivity index (χ2n) is 7.23. The maximum absolute atomic E-state index is 11.4. The molecule has 186 valence electrons. The molecular weight excluding hydrogens is 454 g/mol. The lowest BCUT2D eigenvalue weighted by molar-refractivity contribution is -0.141. The van der Waals surface area contributed by atoms with Crippen molar-refractivity contribution in [3.63, 3.8) is 0 Å². The first kappa shape index (κ1) is 27.4. The summed E-state index contributed by atoms with van der Waals surface area (Å²) in [5.74, 6) is -0.448. The number of benzene rings is 1. The van der Waals surface area contributed by atoms with Crippen molar-refractivity contribution in [1.82, 2.24) is 0 Å². The van der Waals surface area contributed by atoms with E-state index in [1.165, 1.54) is 11.8 Å². The topological polar surface area (TPSA) is 125 Å².